The maximum Gasteiger partial charge on any atom is 0.283 e. The van der Waals surface area contributed by atoms with Crippen molar-refractivity contribution >= 4 is 49.0 Å². The first-order valence-corrected chi connectivity index (χ1v) is 13.2. The first-order chi connectivity index (χ1) is 17.2. The fourth-order valence-corrected chi connectivity index (χ4v) is 4.85. The zero-order chi connectivity index (χ0) is 25.9. The maximum absolute atomic E-state index is 12.5. The number of nitrogens with zero attached hydrogens (tertiary/aromatic N) is 3. The van der Waals surface area contributed by atoms with E-state index in [0.717, 1.165) is 28.8 Å². The van der Waals surface area contributed by atoms with E-state index in [1.807, 2.05) is 0 Å². The molecule has 0 atom stereocenters. The molecule has 13 heteroatoms. The molecule has 11 nitrogen and oxygen atoms in total. The number of nitrogens with one attached hydrogen (secondary N) is 1. The number of hydrogen-bond donors (Lipinski definition) is 1. The third-order valence-electron chi connectivity index (χ3n) is 4.92. The topological polar surface area (TPSA) is 140 Å². The molecule has 0 unspecified atom stereocenters. The molecule has 1 N–H and O–H groups in total. The Hall–Kier alpha value is -3.84. The molecule has 2 aliphatic heterocycles. The zero-order valence-electron chi connectivity index (χ0n) is 19.5. The van der Waals surface area contributed by atoms with Gasteiger partial charge in [-0.25, -0.2) is 8.42 Å². The third kappa shape index (κ3) is 5.52. The molecule has 0 aromatic heterocycles. The number of amidine groups is 2. The molecule has 0 fully saturated rings. The summed E-state index contributed by atoms with van der Waals surface area (Å²) in [6.07, 6.45) is 2.46. The number of hydrazone groups is 1. The predicted molar refractivity (Wildman–Crippen MR) is 137 cm³/mol. The van der Waals surface area contributed by atoms with E-state index in [1.165, 1.54) is 13.2 Å². The van der Waals surface area contributed by atoms with Gasteiger partial charge in [-0.15, -0.1) is 5.10 Å². The number of rotatable bonds is 8. The Labute approximate surface area is 211 Å². The van der Waals surface area contributed by atoms with Crippen molar-refractivity contribution < 1.29 is 32.2 Å². The van der Waals surface area contributed by atoms with Gasteiger partial charge in [0, 0.05) is 6.26 Å². The minimum absolute atomic E-state index is 0.0285. The van der Waals surface area contributed by atoms with Crippen LogP contribution in [0.5, 0.6) is 23.0 Å². The summed E-state index contributed by atoms with van der Waals surface area (Å²) in [5, 5.41) is 13.3. The molecule has 0 spiro atoms. The fraction of sp³-hybridized carbons (Fsp3) is 0.217. The summed E-state index contributed by atoms with van der Waals surface area (Å²) < 4.78 is 45.3. The molecule has 1 amide bonds. The molecule has 188 valence electrons. The average Bonchev–Trinajstić information content (AvgIpc) is 3.30. The Morgan fingerprint density at radius 1 is 1.00 bits per heavy atom. The van der Waals surface area contributed by atoms with Gasteiger partial charge >= 0.3 is 0 Å². The van der Waals surface area contributed by atoms with Gasteiger partial charge in [0.25, 0.3) is 5.91 Å². The highest BCUT2D eigenvalue weighted by Crippen LogP contribution is 2.32. The smallest absolute Gasteiger partial charge is 0.283 e. The van der Waals surface area contributed by atoms with E-state index in [9.17, 15) is 13.2 Å². The van der Waals surface area contributed by atoms with Crippen molar-refractivity contribution in [3.8, 4) is 23.0 Å². The SMILES string of the molecule is COc1ccc(OCCOc2ccc(/C=C3\C(=N)N4N=C(S(C)(=O)=O)SC4=NC3=O)cc2OC)cc1. The van der Waals surface area contributed by atoms with Gasteiger partial charge in [0.1, 0.15) is 24.7 Å². The van der Waals surface area contributed by atoms with E-state index >= 15 is 0 Å². The molecule has 2 heterocycles. The van der Waals surface area contributed by atoms with Crippen molar-refractivity contribution in [1.82, 2.24) is 5.01 Å². The van der Waals surface area contributed by atoms with Crippen LogP contribution >= 0.6 is 11.8 Å². The number of methoxy groups -OCH3 is 2. The normalized spacial score (nSPS) is 16.4. The molecule has 0 radical (unpaired) electrons. The van der Waals surface area contributed by atoms with Crippen LogP contribution in [0.25, 0.3) is 6.08 Å². The van der Waals surface area contributed by atoms with Crippen molar-refractivity contribution in [3.05, 3.63) is 53.6 Å². The highest BCUT2D eigenvalue weighted by Gasteiger charge is 2.38. The molecule has 36 heavy (non-hydrogen) atoms. The van der Waals surface area contributed by atoms with Crippen LogP contribution in [-0.4, -0.2) is 68.4 Å². The van der Waals surface area contributed by atoms with Crippen LogP contribution in [0, 0.1) is 5.41 Å². The number of fused-ring (bicyclic) bond motifs is 1. The van der Waals surface area contributed by atoms with Gasteiger partial charge in [0.15, 0.2) is 17.3 Å². The molecule has 4 rings (SSSR count). The van der Waals surface area contributed by atoms with Crippen molar-refractivity contribution in [1.29, 1.82) is 5.41 Å². The molecule has 2 aliphatic rings. The van der Waals surface area contributed by atoms with E-state index in [2.05, 4.69) is 10.1 Å². The maximum atomic E-state index is 12.5. The summed E-state index contributed by atoms with van der Waals surface area (Å²) in [6, 6.07) is 12.2. The molecular weight excluding hydrogens is 508 g/mol. The van der Waals surface area contributed by atoms with Crippen LogP contribution in [0.15, 0.2) is 58.1 Å². The number of benzene rings is 2. The minimum atomic E-state index is -3.60. The number of thioether (sulfide) groups is 1. The van der Waals surface area contributed by atoms with Crippen LogP contribution in [0.1, 0.15) is 5.56 Å². The van der Waals surface area contributed by atoms with Gasteiger partial charge in [-0.1, -0.05) is 6.07 Å². The predicted octanol–water partition coefficient (Wildman–Crippen LogP) is 2.78. The van der Waals surface area contributed by atoms with Crippen LogP contribution in [0.4, 0.5) is 0 Å². The van der Waals surface area contributed by atoms with Crippen LogP contribution in [0.2, 0.25) is 0 Å². The quantitative estimate of drug-likeness (QED) is 0.403. The lowest BCUT2D eigenvalue weighted by Gasteiger charge is -2.20. The number of carbonyl (C=O) groups excluding carboxylic acids is 1. The van der Waals surface area contributed by atoms with Gasteiger partial charge in [-0.2, -0.15) is 10.0 Å². The van der Waals surface area contributed by atoms with Crippen molar-refractivity contribution in [3.63, 3.8) is 0 Å². The second-order valence-electron chi connectivity index (χ2n) is 7.44. The van der Waals surface area contributed by atoms with Gasteiger partial charge in [-0.05, 0) is 59.8 Å². The lowest BCUT2D eigenvalue weighted by molar-refractivity contribution is -0.114. The summed E-state index contributed by atoms with van der Waals surface area (Å²) in [7, 11) is -0.521. The number of sulfone groups is 1. The van der Waals surface area contributed by atoms with E-state index in [4.69, 9.17) is 24.4 Å². The standard InChI is InChI=1S/C23H22N4O7S2/c1-31-15-5-7-16(8-6-15)33-10-11-34-18-9-4-14(13-19(18)32-2)12-17-20(24)27-22(25-21(17)28)35-23(26-27)36(3,29)30/h4-9,12-13,24H,10-11H2,1-3H3/b17-12+,24-20?. The molecule has 2 aromatic rings. The van der Waals surface area contributed by atoms with E-state index < -0.39 is 15.7 Å². The summed E-state index contributed by atoms with van der Waals surface area (Å²) >= 11 is 0.732. The number of amides is 1. The minimum Gasteiger partial charge on any atom is -0.497 e. The van der Waals surface area contributed by atoms with Crippen molar-refractivity contribution in [2.75, 3.05) is 33.7 Å². The van der Waals surface area contributed by atoms with Crippen molar-refractivity contribution in [2.24, 2.45) is 10.1 Å². The number of ether oxygens (including phenoxy) is 4. The lowest BCUT2D eigenvalue weighted by Crippen LogP contribution is -2.35. The first-order valence-electron chi connectivity index (χ1n) is 10.5. The van der Waals surface area contributed by atoms with Gasteiger partial charge in [-0.3, -0.25) is 10.2 Å². The number of carbonyl (C=O) groups is 1. The van der Waals surface area contributed by atoms with Gasteiger partial charge in [0.2, 0.25) is 19.4 Å². The highest BCUT2D eigenvalue weighted by atomic mass is 32.3. The first kappa shape index (κ1) is 25.3. The van der Waals surface area contributed by atoms with Gasteiger partial charge in [0.05, 0.1) is 19.8 Å². The third-order valence-corrected chi connectivity index (χ3v) is 7.50. The van der Waals surface area contributed by atoms with Crippen molar-refractivity contribution in [2.45, 2.75) is 0 Å². The monoisotopic (exact) mass is 530 g/mol. The van der Waals surface area contributed by atoms with Crippen LogP contribution in [0.3, 0.4) is 0 Å². The second-order valence-corrected chi connectivity index (χ2v) is 10.6. The summed E-state index contributed by atoms with van der Waals surface area (Å²) in [5.74, 6) is 1.37. The molecular formula is C23H22N4O7S2. The van der Waals surface area contributed by atoms with Crippen LogP contribution in [-0.2, 0) is 14.6 Å². The second kappa shape index (κ2) is 10.4. The lowest BCUT2D eigenvalue weighted by atomic mass is 10.1. The highest BCUT2D eigenvalue weighted by molar-refractivity contribution is 8.42. The molecule has 0 saturated heterocycles. The summed E-state index contributed by atoms with van der Waals surface area (Å²) in [4.78, 5) is 16.4. The van der Waals surface area contributed by atoms with Crippen LogP contribution < -0.4 is 18.9 Å². The Balaban J connectivity index is 1.44. The Morgan fingerprint density at radius 3 is 2.36 bits per heavy atom. The average molecular weight is 531 g/mol. The van der Waals surface area contributed by atoms with E-state index in [0.29, 0.717) is 29.4 Å². The molecule has 2 aromatic carbocycles. The number of aliphatic imine (C=N–C) groups is 1. The van der Waals surface area contributed by atoms with E-state index in [1.54, 1.807) is 49.6 Å². The Morgan fingerprint density at radius 2 is 1.69 bits per heavy atom. The summed E-state index contributed by atoms with van der Waals surface area (Å²) in [6.45, 7) is 0.563. The van der Waals surface area contributed by atoms with Gasteiger partial charge < -0.3 is 18.9 Å². The molecule has 0 saturated carbocycles. The fourth-order valence-electron chi connectivity index (χ4n) is 3.17. The zero-order valence-corrected chi connectivity index (χ0v) is 21.2. The summed E-state index contributed by atoms with van der Waals surface area (Å²) in [5.41, 5.74) is 0.515. The Bertz CT molecular complexity index is 1400. The largest absolute Gasteiger partial charge is 0.497 e. The van der Waals surface area contributed by atoms with E-state index in [-0.39, 0.29) is 27.6 Å². The number of hydrogen-bond acceptors (Lipinski definition) is 10. The molecule has 0 aliphatic carbocycles. The molecule has 0 bridgehead atoms. The Kier molecular flexibility index (Phi) is 7.31.